The van der Waals surface area contributed by atoms with Gasteiger partial charge in [0, 0.05) is 24.3 Å². The van der Waals surface area contributed by atoms with E-state index in [4.69, 9.17) is 5.73 Å². The monoisotopic (exact) mass is 270 g/mol. The minimum Gasteiger partial charge on any atom is -0.399 e. The molecule has 0 heterocycles. The number of carbonyl (C=O) groups is 1. The zero-order valence-electron chi connectivity index (χ0n) is 11.3. The summed E-state index contributed by atoms with van der Waals surface area (Å²) in [6.07, 6.45) is 1.08. The Bertz CT molecular complexity index is 382. The fourth-order valence-electron chi connectivity index (χ4n) is 1.72. The molecule has 0 spiro atoms. The van der Waals surface area contributed by atoms with Gasteiger partial charge in [-0.05, 0) is 31.0 Å². The number of carbonyl (C=O) groups excluding carboxylic acids is 1. The molecule has 3 nitrogen and oxygen atoms in total. The number of hydrogen-bond donors (Lipinski definition) is 1. The molecule has 2 N–H and O–H groups in total. The van der Waals surface area contributed by atoms with E-state index in [9.17, 15) is 4.79 Å². The quantitative estimate of drug-likeness (QED) is 0.835. The zero-order valence-corrected chi connectivity index (χ0v) is 12.2. The van der Waals surface area contributed by atoms with Crippen molar-refractivity contribution >= 4 is 24.0 Å². The number of nitrogens with zero attached hydrogens (tertiary/aromatic N) is 1. The highest BCUT2D eigenvalue weighted by Gasteiger charge is 2.15. The van der Waals surface area contributed by atoms with Gasteiger partial charge in [-0.2, -0.15) is 0 Å². The van der Waals surface area contributed by atoms with Crippen molar-refractivity contribution < 1.29 is 4.79 Å². The van der Waals surface area contributed by atoms with Crippen LogP contribution >= 0.6 is 12.4 Å². The SMILES string of the molecule is CCC(C)CN(CC)C(=O)c1cccc(N)c1.Cl. The molecule has 0 fully saturated rings. The molecule has 0 saturated heterocycles. The second-order valence-electron chi connectivity index (χ2n) is 4.48. The van der Waals surface area contributed by atoms with E-state index in [0.29, 0.717) is 17.2 Å². The van der Waals surface area contributed by atoms with Crippen molar-refractivity contribution in [2.45, 2.75) is 27.2 Å². The average molecular weight is 271 g/mol. The second-order valence-corrected chi connectivity index (χ2v) is 4.48. The van der Waals surface area contributed by atoms with Crippen LogP contribution in [0, 0.1) is 5.92 Å². The lowest BCUT2D eigenvalue weighted by Gasteiger charge is -2.24. The Labute approximate surface area is 116 Å². The van der Waals surface area contributed by atoms with E-state index >= 15 is 0 Å². The number of amides is 1. The standard InChI is InChI=1S/C14H22N2O.ClH/c1-4-11(3)10-16(5-2)14(17)12-7-6-8-13(15)9-12;/h6-9,11H,4-5,10,15H2,1-3H3;1H. The van der Waals surface area contributed by atoms with Crippen LogP contribution in [0.5, 0.6) is 0 Å². The fourth-order valence-corrected chi connectivity index (χ4v) is 1.72. The lowest BCUT2D eigenvalue weighted by Crippen LogP contribution is -2.34. The maximum Gasteiger partial charge on any atom is 0.253 e. The van der Waals surface area contributed by atoms with Crippen LogP contribution in [-0.2, 0) is 0 Å². The van der Waals surface area contributed by atoms with Crippen LogP contribution in [0.1, 0.15) is 37.6 Å². The molecule has 0 bridgehead atoms. The summed E-state index contributed by atoms with van der Waals surface area (Å²) in [5, 5.41) is 0. The number of benzene rings is 1. The minimum absolute atomic E-state index is 0. The van der Waals surface area contributed by atoms with Gasteiger partial charge in [-0.15, -0.1) is 12.4 Å². The first kappa shape index (κ1) is 16.8. The molecule has 18 heavy (non-hydrogen) atoms. The third-order valence-corrected chi connectivity index (χ3v) is 3.03. The number of nitrogen functional groups attached to an aromatic ring is 1. The van der Waals surface area contributed by atoms with Crippen LogP contribution in [0.25, 0.3) is 0 Å². The highest BCUT2D eigenvalue weighted by molar-refractivity contribution is 5.95. The molecule has 1 unspecified atom stereocenters. The van der Waals surface area contributed by atoms with E-state index in [1.54, 1.807) is 12.1 Å². The van der Waals surface area contributed by atoms with Gasteiger partial charge in [-0.25, -0.2) is 0 Å². The second kappa shape index (κ2) is 7.98. The van der Waals surface area contributed by atoms with E-state index in [1.165, 1.54) is 0 Å². The molecule has 1 atom stereocenters. The molecule has 4 heteroatoms. The Morgan fingerprint density at radius 2 is 2.06 bits per heavy atom. The van der Waals surface area contributed by atoms with Gasteiger partial charge in [0.25, 0.3) is 5.91 Å². The molecule has 1 aromatic carbocycles. The molecule has 0 radical (unpaired) electrons. The Morgan fingerprint density at radius 1 is 1.39 bits per heavy atom. The average Bonchev–Trinajstić information content (AvgIpc) is 2.34. The predicted molar refractivity (Wildman–Crippen MR) is 79.1 cm³/mol. The van der Waals surface area contributed by atoms with Crippen molar-refractivity contribution in [3.05, 3.63) is 29.8 Å². The van der Waals surface area contributed by atoms with Crippen LogP contribution in [0.2, 0.25) is 0 Å². The lowest BCUT2D eigenvalue weighted by molar-refractivity contribution is 0.0741. The molecule has 0 aromatic heterocycles. The Kier molecular flexibility index (Phi) is 7.44. The van der Waals surface area contributed by atoms with Gasteiger partial charge < -0.3 is 10.6 Å². The maximum atomic E-state index is 12.2. The van der Waals surface area contributed by atoms with Crippen LogP contribution < -0.4 is 5.73 Å². The van der Waals surface area contributed by atoms with Crippen molar-refractivity contribution in [3.63, 3.8) is 0 Å². The van der Waals surface area contributed by atoms with Gasteiger partial charge in [-0.3, -0.25) is 4.79 Å². The minimum atomic E-state index is 0. The summed E-state index contributed by atoms with van der Waals surface area (Å²) >= 11 is 0. The highest BCUT2D eigenvalue weighted by atomic mass is 35.5. The third-order valence-electron chi connectivity index (χ3n) is 3.03. The van der Waals surface area contributed by atoms with E-state index in [1.807, 2.05) is 24.0 Å². The first-order valence-electron chi connectivity index (χ1n) is 6.23. The normalized spacial score (nSPS) is 11.5. The highest BCUT2D eigenvalue weighted by Crippen LogP contribution is 2.12. The molecule has 0 aliphatic carbocycles. The number of anilines is 1. The van der Waals surface area contributed by atoms with Crippen LogP contribution in [0.4, 0.5) is 5.69 Å². The molecule has 1 amide bonds. The van der Waals surface area contributed by atoms with E-state index in [2.05, 4.69) is 13.8 Å². The molecule has 0 aliphatic heterocycles. The largest absolute Gasteiger partial charge is 0.399 e. The fraction of sp³-hybridized carbons (Fsp3) is 0.500. The summed E-state index contributed by atoms with van der Waals surface area (Å²) in [6.45, 7) is 7.85. The van der Waals surface area contributed by atoms with Crippen LogP contribution in [-0.4, -0.2) is 23.9 Å². The van der Waals surface area contributed by atoms with E-state index < -0.39 is 0 Å². The summed E-state index contributed by atoms with van der Waals surface area (Å²) in [7, 11) is 0. The topological polar surface area (TPSA) is 46.3 Å². The number of halogens is 1. The third kappa shape index (κ3) is 4.57. The summed E-state index contributed by atoms with van der Waals surface area (Å²) in [5.41, 5.74) is 7.01. The van der Waals surface area contributed by atoms with Gasteiger partial charge in [0.05, 0.1) is 0 Å². The van der Waals surface area contributed by atoms with Gasteiger partial charge in [-0.1, -0.05) is 26.3 Å². The zero-order chi connectivity index (χ0) is 12.8. The summed E-state index contributed by atoms with van der Waals surface area (Å²) in [6, 6.07) is 7.17. The van der Waals surface area contributed by atoms with Crippen LogP contribution in [0.3, 0.4) is 0 Å². The number of rotatable bonds is 5. The van der Waals surface area contributed by atoms with Crippen molar-refractivity contribution in [1.29, 1.82) is 0 Å². The van der Waals surface area contributed by atoms with Gasteiger partial charge in [0.2, 0.25) is 0 Å². The van der Waals surface area contributed by atoms with E-state index in [-0.39, 0.29) is 18.3 Å². The number of nitrogens with two attached hydrogens (primary N) is 1. The Morgan fingerprint density at radius 3 is 2.56 bits per heavy atom. The Balaban J connectivity index is 0.00000289. The summed E-state index contributed by atoms with van der Waals surface area (Å²) in [4.78, 5) is 14.1. The van der Waals surface area contributed by atoms with Crippen molar-refractivity contribution in [2.75, 3.05) is 18.8 Å². The summed E-state index contributed by atoms with van der Waals surface area (Å²) < 4.78 is 0. The number of hydrogen-bond acceptors (Lipinski definition) is 2. The smallest absolute Gasteiger partial charge is 0.253 e. The van der Waals surface area contributed by atoms with Crippen molar-refractivity contribution in [3.8, 4) is 0 Å². The van der Waals surface area contributed by atoms with E-state index in [0.717, 1.165) is 19.5 Å². The molecule has 1 rings (SSSR count). The molecule has 0 aliphatic rings. The van der Waals surface area contributed by atoms with Crippen LogP contribution in [0.15, 0.2) is 24.3 Å². The molecular weight excluding hydrogens is 248 g/mol. The molecular formula is C14H23ClN2O. The maximum absolute atomic E-state index is 12.2. The predicted octanol–water partition coefficient (Wildman–Crippen LogP) is 3.20. The van der Waals surface area contributed by atoms with Crippen molar-refractivity contribution in [2.24, 2.45) is 5.92 Å². The molecule has 0 saturated carbocycles. The first-order chi connectivity index (χ1) is 8.08. The van der Waals surface area contributed by atoms with Gasteiger partial charge in [0.1, 0.15) is 0 Å². The Hall–Kier alpha value is -1.22. The van der Waals surface area contributed by atoms with Crippen molar-refractivity contribution in [1.82, 2.24) is 4.90 Å². The first-order valence-corrected chi connectivity index (χ1v) is 6.23. The lowest BCUT2D eigenvalue weighted by atomic mass is 10.1. The molecule has 1 aromatic rings. The van der Waals surface area contributed by atoms with Gasteiger partial charge in [0.15, 0.2) is 0 Å². The summed E-state index contributed by atoms with van der Waals surface area (Å²) in [5.74, 6) is 0.597. The van der Waals surface area contributed by atoms with Gasteiger partial charge >= 0.3 is 0 Å². The molecule has 102 valence electrons.